The molecule has 0 spiro atoms. The summed E-state index contributed by atoms with van der Waals surface area (Å²) in [6.45, 7) is 6.98. The van der Waals surface area contributed by atoms with Gasteiger partial charge in [-0.3, -0.25) is 0 Å². The van der Waals surface area contributed by atoms with Crippen LogP contribution in [0, 0.1) is 6.92 Å². The van der Waals surface area contributed by atoms with Gasteiger partial charge in [0.15, 0.2) is 5.82 Å². The van der Waals surface area contributed by atoms with Gasteiger partial charge < -0.3 is 20.9 Å². The van der Waals surface area contributed by atoms with Crippen LogP contribution in [0.15, 0.2) is 48.5 Å². The molecule has 2 aromatic heterocycles. The van der Waals surface area contributed by atoms with Gasteiger partial charge in [-0.15, -0.1) is 15.3 Å². The lowest BCUT2D eigenvalue weighted by molar-refractivity contribution is 0.208. The summed E-state index contributed by atoms with van der Waals surface area (Å²) in [6, 6.07) is 17.7. The second-order valence-corrected chi connectivity index (χ2v) is 11.4. The molecule has 0 amide bonds. The van der Waals surface area contributed by atoms with Gasteiger partial charge in [0, 0.05) is 36.1 Å². The van der Waals surface area contributed by atoms with Gasteiger partial charge in [0.2, 0.25) is 11.9 Å². The maximum absolute atomic E-state index is 6.29. The highest BCUT2D eigenvalue weighted by atomic mass is 15.4. The van der Waals surface area contributed by atoms with Gasteiger partial charge in [-0.25, -0.2) is 0 Å². The van der Waals surface area contributed by atoms with Crippen molar-refractivity contribution >= 4 is 23.3 Å². The van der Waals surface area contributed by atoms with Gasteiger partial charge in [0.1, 0.15) is 0 Å². The highest BCUT2D eigenvalue weighted by Gasteiger charge is 2.27. The van der Waals surface area contributed by atoms with Crippen LogP contribution in [-0.4, -0.2) is 62.1 Å². The third-order valence-corrected chi connectivity index (χ3v) is 8.79. The molecule has 40 heavy (non-hydrogen) atoms. The molecule has 9 nitrogen and oxygen atoms in total. The summed E-state index contributed by atoms with van der Waals surface area (Å²) in [6.07, 6.45) is 8.27. The molecule has 2 fully saturated rings. The monoisotopic (exact) mass is 535 g/mol. The van der Waals surface area contributed by atoms with Crippen LogP contribution in [0.4, 0.5) is 23.3 Å². The molecule has 4 heterocycles. The average Bonchev–Trinajstić information content (AvgIpc) is 3.59. The lowest BCUT2D eigenvalue weighted by Crippen LogP contribution is -2.44. The van der Waals surface area contributed by atoms with Gasteiger partial charge >= 0.3 is 0 Å². The molecule has 2 aromatic carbocycles. The molecule has 9 heteroatoms. The number of nitrogens with zero attached hydrogens (tertiary/aromatic N) is 7. The van der Waals surface area contributed by atoms with E-state index in [2.05, 4.69) is 84.8 Å². The number of aryl methyl sites for hydroxylation is 3. The van der Waals surface area contributed by atoms with Crippen molar-refractivity contribution < 1.29 is 0 Å². The minimum atomic E-state index is 0.278. The Kier molecular flexibility index (Phi) is 6.59. The van der Waals surface area contributed by atoms with E-state index >= 15 is 0 Å². The fourth-order valence-corrected chi connectivity index (χ4v) is 6.72. The van der Waals surface area contributed by atoms with Gasteiger partial charge in [-0.05, 0) is 106 Å². The van der Waals surface area contributed by atoms with Crippen LogP contribution in [0.3, 0.4) is 0 Å². The number of hydrogen-bond acceptors (Lipinski definition) is 8. The fourth-order valence-electron chi connectivity index (χ4n) is 6.72. The minimum Gasteiger partial charge on any atom is -0.371 e. The first-order valence-electron chi connectivity index (χ1n) is 14.7. The molecule has 0 unspecified atom stereocenters. The van der Waals surface area contributed by atoms with Gasteiger partial charge in [0.25, 0.3) is 0 Å². The number of nitrogens with two attached hydrogens (primary N) is 1. The molecule has 0 atom stereocenters. The molecule has 0 bridgehead atoms. The number of hydrogen-bond donors (Lipinski definition) is 2. The van der Waals surface area contributed by atoms with Crippen molar-refractivity contribution in [3.63, 3.8) is 0 Å². The van der Waals surface area contributed by atoms with Crippen LogP contribution >= 0.6 is 0 Å². The highest BCUT2D eigenvalue weighted by Crippen LogP contribution is 2.32. The largest absolute Gasteiger partial charge is 0.371 e. The molecule has 1 aliphatic carbocycles. The van der Waals surface area contributed by atoms with Crippen molar-refractivity contribution in [1.82, 2.24) is 29.9 Å². The molecule has 2 aliphatic heterocycles. The molecule has 0 saturated carbocycles. The summed E-state index contributed by atoms with van der Waals surface area (Å²) in [4.78, 5) is 9.71. The molecular formula is C31H37N9. The van der Waals surface area contributed by atoms with Gasteiger partial charge in [0.05, 0.1) is 5.69 Å². The van der Waals surface area contributed by atoms with E-state index in [0.717, 1.165) is 60.9 Å². The number of rotatable bonds is 5. The number of piperidine rings is 1. The van der Waals surface area contributed by atoms with E-state index in [9.17, 15) is 0 Å². The van der Waals surface area contributed by atoms with Gasteiger partial charge in [-0.2, -0.15) is 9.67 Å². The van der Waals surface area contributed by atoms with E-state index in [1.165, 1.54) is 55.6 Å². The molecule has 3 aliphatic rings. The summed E-state index contributed by atoms with van der Waals surface area (Å²) in [7, 11) is 0. The Morgan fingerprint density at radius 1 is 0.875 bits per heavy atom. The van der Waals surface area contributed by atoms with Gasteiger partial charge in [-0.1, -0.05) is 24.3 Å². The second kappa shape index (κ2) is 10.5. The van der Waals surface area contributed by atoms with Crippen molar-refractivity contribution in [1.29, 1.82) is 0 Å². The zero-order valence-electron chi connectivity index (χ0n) is 23.2. The number of benzene rings is 2. The minimum absolute atomic E-state index is 0.278. The van der Waals surface area contributed by atoms with E-state index in [4.69, 9.17) is 5.73 Å². The summed E-state index contributed by atoms with van der Waals surface area (Å²) in [5.74, 6) is 1.30. The smallest absolute Gasteiger partial charge is 0.248 e. The molecular weight excluding hydrogens is 498 g/mol. The van der Waals surface area contributed by atoms with Crippen molar-refractivity contribution in [2.24, 2.45) is 0 Å². The van der Waals surface area contributed by atoms with Crippen LogP contribution in [0.1, 0.15) is 48.8 Å². The van der Waals surface area contributed by atoms with E-state index in [-0.39, 0.29) is 5.95 Å². The maximum Gasteiger partial charge on any atom is 0.248 e. The fraction of sp³-hybridized carbons (Fsp3) is 0.419. The molecule has 7 rings (SSSR count). The predicted octanol–water partition coefficient (Wildman–Crippen LogP) is 4.91. The van der Waals surface area contributed by atoms with E-state index in [1.807, 2.05) is 6.07 Å². The second-order valence-electron chi connectivity index (χ2n) is 11.4. The normalized spacial score (nSPS) is 17.9. The van der Waals surface area contributed by atoms with E-state index in [1.54, 1.807) is 4.68 Å². The number of fused-ring (bicyclic) bond motifs is 3. The zero-order chi connectivity index (χ0) is 27.1. The van der Waals surface area contributed by atoms with Crippen LogP contribution in [0.25, 0.3) is 17.1 Å². The Morgan fingerprint density at radius 2 is 1.68 bits per heavy atom. The van der Waals surface area contributed by atoms with Crippen molar-refractivity contribution in [3.8, 4) is 17.1 Å². The maximum atomic E-state index is 6.29. The quantitative estimate of drug-likeness (QED) is 0.372. The third-order valence-electron chi connectivity index (χ3n) is 8.79. The number of aromatic nitrogens is 5. The molecule has 4 aromatic rings. The zero-order valence-corrected chi connectivity index (χ0v) is 23.2. The van der Waals surface area contributed by atoms with E-state index < -0.39 is 0 Å². The SMILES string of the molecule is Cc1cc(Nc2nc(N)n(-c3cc4c(nn3)-c3ccccc3CCC4)n2)ccc1N1CCC(N2CCCC2)CC1. The van der Waals surface area contributed by atoms with Crippen LogP contribution in [-0.2, 0) is 12.8 Å². The Hall–Kier alpha value is -3.98. The standard InChI is InChI=1S/C31H37N9/c1-21-19-24(11-12-27(21)39-17-13-25(14-18-39)38-15-4-5-16-38)33-31-34-30(32)40(37-31)28-20-23-9-6-8-22-7-2-3-10-26(22)29(23)36-35-28/h2-3,7,10-12,19-20,25H,4-6,8-9,13-18H2,1H3,(H3,32,33,34,37). The Labute approximate surface area is 235 Å². The van der Waals surface area contributed by atoms with Crippen molar-refractivity contribution in [3.05, 3.63) is 65.2 Å². The number of likely N-dealkylation sites (tertiary alicyclic amines) is 1. The number of nitrogens with one attached hydrogen (secondary N) is 1. The summed E-state index contributed by atoms with van der Waals surface area (Å²) in [5, 5.41) is 17.1. The molecule has 206 valence electrons. The molecule has 0 radical (unpaired) electrons. The highest BCUT2D eigenvalue weighted by molar-refractivity contribution is 5.68. The first-order chi connectivity index (χ1) is 19.6. The lowest BCUT2D eigenvalue weighted by Gasteiger charge is -2.38. The molecule has 2 saturated heterocycles. The Bertz CT molecular complexity index is 1510. The van der Waals surface area contributed by atoms with E-state index in [0.29, 0.717) is 11.8 Å². The topological polar surface area (TPSA) is 101 Å². The summed E-state index contributed by atoms with van der Waals surface area (Å²) >= 11 is 0. The lowest BCUT2D eigenvalue weighted by atomic mass is 10.0. The Morgan fingerprint density at radius 3 is 2.50 bits per heavy atom. The van der Waals surface area contributed by atoms with Crippen molar-refractivity contribution in [2.45, 2.75) is 57.9 Å². The summed E-state index contributed by atoms with van der Waals surface area (Å²) < 4.78 is 1.57. The van der Waals surface area contributed by atoms with Crippen LogP contribution in [0.2, 0.25) is 0 Å². The molecule has 3 N–H and O–H groups in total. The number of anilines is 4. The summed E-state index contributed by atoms with van der Waals surface area (Å²) in [5.41, 5.74) is 14.4. The Balaban J connectivity index is 1.06. The van der Waals surface area contributed by atoms with Crippen LogP contribution < -0.4 is 16.0 Å². The first-order valence-corrected chi connectivity index (χ1v) is 14.7. The average molecular weight is 536 g/mol. The first kappa shape index (κ1) is 25.0. The number of nitrogen functional groups attached to an aromatic ring is 1. The predicted molar refractivity (Wildman–Crippen MR) is 159 cm³/mol. The third kappa shape index (κ3) is 4.79. The van der Waals surface area contributed by atoms with Crippen LogP contribution in [0.5, 0.6) is 0 Å². The van der Waals surface area contributed by atoms with Crippen molar-refractivity contribution in [2.75, 3.05) is 42.1 Å².